The molecule has 0 amide bonds. The first-order valence-corrected chi connectivity index (χ1v) is 5.11. The van der Waals surface area contributed by atoms with Gasteiger partial charge in [-0.05, 0) is 37.6 Å². The van der Waals surface area contributed by atoms with E-state index in [1.807, 2.05) is 0 Å². The fraction of sp³-hybridized carbons (Fsp3) is 1.00. The van der Waals surface area contributed by atoms with Crippen molar-refractivity contribution < 1.29 is 0 Å². The zero-order valence-electron chi connectivity index (χ0n) is 7.98. The second-order valence-electron chi connectivity index (χ2n) is 5.50. The third kappa shape index (κ3) is 0.686. The van der Waals surface area contributed by atoms with E-state index in [2.05, 4.69) is 24.5 Å². The van der Waals surface area contributed by atoms with Gasteiger partial charge in [0.2, 0.25) is 0 Å². The maximum absolute atomic E-state index is 3.78. The average Bonchev–Trinajstić information content (AvgIpc) is 2.32. The van der Waals surface area contributed by atoms with Crippen molar-refractivity contribution in [1.29, 1.82) is 0 Å². The molecule has 2 heteroatoms. The Morgan fingerprint density at radius 1 is 1.25 bits per heavy atom. The van der Waals surface area contributed by atoms with Gasteiger partial charge in [0.1, 0.15) is 0 Å². The number of rotatable bonds is 0. The van der Waals surface area contributed by atoms with Gasteiger partial charge in [0.05, 0.1) is 0 Å². The largest absolute Gasteiger partial charge is 0.315 e. The quantitative estimate of drug-likeness (QED) is 0.554. The van der Waals surface area contributed by atoms with Gasteiger partial charge in [0.25, 0.3) is 0 Å². The number of fused-ring (bicyclic) bond motifs is 1. The number of piperidine rings is 2. The third-order valence-electron chi connectivity index (χ3n) is 4.46. The van der Waals surface area contributed by atoms with Crippen molar-refractivity contribution >= 4 is 0 Å². The van der Waals surface area contributed by atoms with Crippen molar-refractivity contribution in [3.05, 3.63) is 0 Å². The summed E-state index contributed by atoms with van der Waals surface area (Å²) in [5, 5.41) is 7.30. The molecule has 0 aromatic carbocycles. The molecule has 0 aromatic heterocycles. The van der Waals surface area contributed by atoms with Crippen molar-refractivity contribution in [1.82, 2.24) is 10.6 Å². The fourth-order valence-electron chi connectivity index (χ4n) is 3.93. The monoisotopic (exact) mass is 166 g/mol. The second kappa shape index (κ2) is 1.88. The van der Waals surface area contributed by atoms with E-state index in [9.17, 15) is 0 Å². The maximum atomic E-state index is 3.78. The van der Waals surface area contributed by atoms with Crippen LogP contribution in [0.1, 0.15) is 26.7 Å². The molecule has 2 nitrogen and oxygen atoms in total. The van der Waals surface area contributed by atoms with Crippen LogP contribution < -0.4 is 10.6 Å². The Bertz CT molecular complexity index is 210. The molecule has 2 aliphatic heterocycles. The van der Waals surface area contributed by atoms with Gasteiger partial charge in [-0.2, -0.15) is 0 Å². The molecule has 3 aliphatic rings. The van der Waals surface area contributed by atoms with Gasteiger partial charge in [-0.1, -0.05) is 6.92 Å². The molecule has 2 heterocycles. The van der Waals surface area contributed by atoms with Gasteiger partial charge in [-0.15, -0.1) is 0 Å². The van der Waals surface area contributed by atoms with Gasteiger partial charge < -0.3 is 10.6 Å². The summed E-state index contributed by atoms with van der Waals surface area (Å²) in [7, 11) is 0. The zero-order chi connectivity index (χ0) is 8.40. The predicted octanol–water partition coefficient (Wildman–Crippen LogP) is 0.736. The molecule has 12 heavy (non-hydrogen) atoms. The van der Waals surface area contributed by atoms with E-state index in [1.54, 1.807) is 0 Å². The minimum atomic E-state index is 0.478. The highest BCUT2D eigenvalue weighted by atomic mass is 15.2. The van der Waals surface area contributed by atoms with Crippen LogP contribution in [0.25, 0.3) is 0 Å². The average molecular weight is 166 g/mol. The molecule has 4 unspecified atom stereocenters. The molecule has 1 saturated carbocycles. The van der Waals surface area contributed by atoms with Crippen molar-refractivity contribution in [2.75, 3.05) is 13.1 Å². The summed E-state index contributed by atoms with van der Waals surface area (Å²) in [6, 6.07) is 0.745. The van der Waals surface area contributed by atoms with Crippen LogP contribution in [0.5, 0.6) is 0 Å². The molecular weight excluding hydrogens is 148 g/mol. The lowest BCUT2D eigenvalue weighted by Gasteiger charge is -2.45. The molecule has 3 rings (SSSR count). The topological polar surface area (TPSA) is 24.1 Å². The lowest BCUT2D eigenvalue weighted by atomic mass is 9.72. The smallest absolute Gasteiger partial charge is 0.0255 e. The summed E-state index contributed by atoms with van der Waals surface area (Å²) in [4.78, 5) is 0. The first-order valence-electron chi connectivity index (χ1n) is 5.11. The molecule has 1 aliphatic carbocycles. The third-order valence-corrected chi connectivity index (χ3v) is 4.46. The number of hydrogen-bond donors (Lipinski definition) is 2. The zero-order valence-corrected chi connectivity index (χ0v) is 7.98. The van der Waals surface area contributed by atoms with E-state index in [0.29, 0.717) is 11.0 Å². The Morgan fingerprint density at radius 2 is 2.08 bits per heavy atom. The lowest BCUT2D eigenvalue weighted by Crippen LogP contribution is -2.59. The van der Waals surface area contributed by atoms with E-state index in [4.69, 9.17) is 0 Å². The van der Waals surface area contributed by atoms with Crippen LogP contribution in [-0.2, 0) is 0 Å². The Kier molecular flexibility index (Phi) is 1.15. The van der Waals surface area contributed by atoms with Crippen molar-refractivity contribution in [2.24, 2.45) is 11.3 Å². The molecule has 2 N–H and O–H groups in total. The maximum Gasteiger partial charge on any atom is 0.0255 e. The van der Waals surface area contributed by atoms with Gasteiger partial charge in [-0.3, -0.25) is 0 Å². The highest BCUT2D eigenvalue weighted by molar-refractivity contribution is 5.18. The summed E-state index contributed by atoms with van der Waals surface area (Å²) in [5.41, 5.74) is 1.09. The van der Waals surface area contributed by atoms with E-state index in [1.165, 1.54) is 25.9 Å². The Hall–Kier alpha value is -0.0800. The van der Waals surface area contributed by atoms with Crippen LogP contribution in [0.3, 0.4) is 0 Å². The number of hydrogen-bond acceptors (Lipinski definition) is 2. The highest BCUT2D eigenvalue weighted by Gasteiger charge is 2.61. The molecule has 68 valence electrons. The van der Waals surface area contributed by atoms with E-state index in [-0.39, 0.29) is 0 Å². The van der Waals surface area contributed by atoms with Gasteiger partial charge in [0.15, 0.2) is 0 Å². The van der Waals surface area contributed by atoms with Crippen molar-refractivity contribution in [3.63, 3.8) is 0 Å². The summed E-state index contributed by atoms with van der Waals surface area (Å²) in [6.45, 7) is 7.32. The van der Waals surface area contributed by atoms with Gasteiger partial charge in [0, 0.05) is 18.1 Å². The molecule has 0 aromatic rings. The molecule has 0 spiro atoms. The van der Waals surface area contributed by atoms with Crippen LogP contribution in [0.15, 0.2) is 0 Å². The first kappa shape index (κ1) is 7.34. The highest BCUT2D eigenvalue weighted by Crippen LogP contribution is 2.56. The van der Waals surface area contributed by atoms with Gasteiger partial charge >= 0.3 is 0 Å². The molecule has 4 atom stereocenters. The molecular formula is C10H18N2. The molecule has 2 saturated heterocycles. The summed E-state index contributed by atoms with van der Waals surface area (Å²) in [5.74, 6) is 0.933. The van der Waals surface area contributed by atoms with E-state index >= 15 is 0 Å². The molecule has 3 fully saturated rings. The van der Waals surface area contributed by atoms with Crippen LogP contribution >= 0.6 is 0 Å². The van der Waals surface area contributed by atoms with E-state index < -0.39 is 0 Å². The van der Waals surface area contributed by atoms with Crippen LogP contribution in [0.2, 0.25) is 0 Å². The van der Waals surface area contributed by atoms with Crippen molar-refractivity contribution in [2.45, 2.75) is 38.3 Å². The van der Waals surface area contributed by atoms with Crippen LogP contribution in [0, 0.1) is 11.3 Å². The Balaban J connectivity index is 2.02. The fourth-order valence-corrected chi connectivity index (χ4v) is 3.93. The minimum absolute atomic E-state index is 0.478. The summed E-state index contributed by atoms with van der Waals surface area (Å²) in [6.07, 6.45) is 2.78. The van der Waals surface area contributed by atoms with Crippen LogP contribution in [0.4, 0.5) is 0 Å². The SMILES string of the molecule is CC12CC3CNCC(N1)C3(C)C2. The number of nitrogens with one attached hydrogen (secondary N) is 2. The predicted molar refractivity (Wildman–Crippen MR) is 49.0 cm³/mol. The first-order chi connectivity index (χ1) is 5.62. The Morgan fingerprint density at radius 3 is 2.67 bits per heavy atom. The van der Waals surface area contributed by atoms with E-state index in [0.717, 1.165) is 12.0 Å². The van der Waals surface area contributed by atoms with Crippen molar-refractivity contribution in [3.8, 4) is 0 Å². The molecule has 0 radical (unpaired) electrons. The standard InChI is InChI=1S/C10H18N2/c1-9-3-7-4-11-5-8(12-9)10(7,2)6-9/h7-8,11-12H,3-6H2,1-2H3. The second-order valence-corrected chi connectivity index (χ2v) is 5.50. The normalized spacial score (nSPS) is 62.5. The summed E-state index contributed by atoms with van der Waals surface area (Å²) < 4.78 is 0. The molecule has 2 bridgehead atoms. The van der Waals surface area contributed by atoms with Crippen LogP contribution in [-0.4, -0.2) is 24.7 Å². The minimum Gasteiger partial charge on any atom is -0.315 e. The summed E-state index contributed by atoms with van der Waals surface area (Å²) >= 11 is 0. The van der Waals surface area contributed by atoms with Gasteiger partial charge in [-0.25, -0.2) is 0 Å². The lowest BCUT2D eigenvalue weighted by molar-refractivity contribution is 0.110. The Labute approximate surface area is 74.1 Å².